The molecule has 4 nitrogen and oxygen atoms in total. The average molecular weight is 296 g/mol. The molecule has 0 saturated carbocycles. The largest absolute Gasteiger partial charge is 0.324 e. The normalized spacial score (nSPS) is 10.0. The molecule has 0 spiro atoms. The lowest BCUT2D eigenvalue weighted by Gasteiger charge is -2.09. The summed E-state index contributed by atoms with van der Waals surface area (Å²) in [6.07, 6.45) is 6.02. The first-order valence-electron chi connectivity index (χ1n) is 6.42. The minimum atomic E-state index is 0.491. The molecule has 21 heavy (non-hydrogen) atoms. The number of aryl methyl sites for hydroxylation is 1. The monoisotopic (exact) mass is 295 g/mol. The van der Waals surface area contributed by atoms with Gasteiger partial charge in [-0.15, -0.1) is 0 Å². The van der Waals surface area contributed by atoms with E-state index in [4.69, 9.17) is 11.6 Å². The summed E-state index contributed by atoms with van der Waals surface area (Å²) < 4.78 is 0. The van der Waals surface area contributed by atoms with Gasteiger partial charge in [-0.05, 0) is 23.5 Å². The third-order valence-electron chi connectivity index (χ3n) is 3.03. The molecule has 0 atom stereocenters. The van der Waals surface area contributed by atoms with Crippen molar-refractivity contribution in [3.8, 4) is 11.3 Å². The molecule has 0 saturated heterocycles. The van der Waals surface area contributed by atoms with E-state index in [-0.39, 0.29) is 0 Å². The van der Waals surface area contributed by atoms with Gasteiger partial charge >= 0.3 is 12.4 Å². The standard InChI is InChI=1S/C16H12ClN4/c1-11-4-2-3-5-14(11)20-16-19-10-13(17)15(21-16)12-6-8-18-9-7-12/h2-8,10H,1H3,(H,19,20,21)/q+1. The fourth-order valence-corrected chi connectivity index (χ4v) is 2.13. The third-order valence-corrected chi connectivity index (χ3v) is 3.31. The van der Waals surface area contributed by atoms with Crippen molar-refractivity contribution >= 4 is 23.2 Å². The first-order valence-corrected chi connectivity index (χ1v) is 6.79. The molecule has 0 fully saturated rings. The molecule has 0 bridgehead atoms. The summed E-state index contributed by atoms with van der Waals surface area (Å²) in [7, 11) is 0. The second-order valence-electron chi connectivity index (χ2n) is 4.50. The number of hydrogen-bond donors (Lipinski definition) is 1. The molecule has 3 rings (SSSR count). The van der Waals surface area contributed by atoms with Crippen LogP contribution in [0.15, 0.2) is 48.8 Å². The molecule has 0 amide bonds. The average Bonchev–Trinajstić information content (AvgIpc) is 2.52. The molecule has 2 heterocycles. The van der Waals surface area contributed by atoms with E-state index in [2.05, 4.69) is 26.5 Å². The van der Waals surface area contributed by atoms with Crippen molar-refractivity contribution < 1.29 is 4.98 Å². The maximum absolute atomic E-state index is 6.18. The quantitative estimate of drug-likeness (QED) is 0.806. The van der Waals surface area contributed by atoms with Crippen molar-refractivity contribution in [3.05, 3.63) is 65.6 Å². The molecule has 0 aliphatic rings. The van der Waals surface area contributed by atoms with Crippen LogP contribution in [-0.4, -0.2) is 9.97 Å². The van der Waals surface area contributed by atoms with Gasteiger partial charge in [-0.25, -0.2) is 9.97 Å². The maximum Gasteiger partial charge on any atom is 0.312 e. The Bertz CT molecular complexity index is 759. The number of nitrogens with zero attached hydrogens (tertiary/aromatic N) is 3. The van der Waals surface area contributed by atoms with Crippen molar-refractivity contribution in [3.63, 3.8) is 0 Å². The van der Waals surface area contributed by atoms with Crippen LogP contribution in [0, 0.1) is 13.1 Å². The van der Waals surface area contributed by atoms with Gasteiger partial charge in [0.2, 0.25) is 5.95 Å². The van der Waals surface area contributed by atoms with Crippen LogP contribution in [0.3, 0.4) is 0 Å². The number of benzene rings is 1. The van der Waals surface area contributed by atoms with Gasteiger partial charge in [0.25, 0.3) is 0 Å². The summed E-state index contributed by atoms with van der Waals surface area (Å²) in [6, 6.07) is 11.5. The van der Waals surface area contributed by atoms with Gasteiger partial charge in [0, 0.05) is 17.3 Å². The molecule has 0 aliphatic heterocycles. The smallest absolute Gasteiger partial charge is 0.312 e. The van der Waals surface area contributed by atoms with Crippen LogP contribution < -0.4 is 10.3 Å². The zero-order valence-electron chi connectivity index (χ0n) is 11.3. The number of hydrogen-bond acceptors (Lipinski definition) is 3. The van der Waals surface area contributed by atoms with Gasteiger partial charge < -0.3 is 5.32 Å². The van der Waals surface area contributed by atoms with Gasteiger partial charge in [0.1, 0.15) is 0 Å². The van der Waals surface area contributed by atoms with E-state index >= 15 is 0 Å². The van der Waals surface area contributed by atoms with Crippen molar-refractivity contribution in [1.29, 1.82) is 0 Å². The minimum Gasteiger partial charge on any atom is -0.324 e. The number of nitrogens with one attached hydrogen (secondary N) is 1. The van der Waals surface area contributed by atoms with Crippen molar-refractivity contribution in [2.45, 2.75) is 6.92 Å². The number of aromatic nitrogens is 3. The number of para-hydroxylation sites is 1. The summed E-state index contributed by atoms with van der Waals surface area (Å²) >= 11 is 6.18. The van der Waals surface area contributed by atoms with Crippen LogP contribution in [-0.2, 0) is 0 Å². The number of halogens is 1. The Morgan fingerprint density at radius 3 is 2.86 bits per heavy atom. The summed E-state index contributed by atoms with van der Waals surface area (Å²) in [4.78, 5) is 12.6. The Morgan fingerprint density at radius 1 is 1.24 bits per heavy atom. The molecule has 1 N–H and O–H groups in total. The van der Waals surface area contributed by atoms with E-state index < -0.39 is 0 Å². The van der Waals surface area contributed by atoms with E-state index in [9.17, 15) is 0 Å². The van der Waals surface area contributed by atoms with Gasteiger partial charge in [0.05, 0.1) is 23.0 Å². The van der Waals surface area contributed by atoms with Gasteiger partial charge in [-0.2, -0.15) is 0 Å². The highest BCUT2D eigenvalue weighted by Crippen LogP contribution is 2.26. The van der Waals surface area contributed by atoms with Gasteiger partial charge in [-0.1, -0.05) is 29.8 Å². The highest BCUT2D eigenvalue weighted by molar-refractivity contribution is 6.32. The molecule has 102 valence electrons. The number of rotatable bonds is 3. The van der Waals surface area contributed by atoms with Crippen LogP contribution in [0.1, 0.15) is 5.56 Å². The Labute approximate surface area is 127 Å². The Hall–Kier alpha value is -2.64. The maximum atomic E-state index is 6.18. The molecule has 3 aromatic rings. The molecule has 0 aliphatic carbocycles. The lowest BCUT2D eigenvalue weighted by atomic mass is 10.2. The van der Waals surface area contributed by atoms with E-state index in [1.54, 1.807) is 18.5 Å². The van der Waals surface area contributed by atoms with E-state index in [1.807, 2.05) is 37.3 Å². The highest BCUT2D eigenvalue weighted by Gasteiger charge is 2.10. The second kappa shape index (κ2) is 5.78. The lowest BCUT2D eigenvalue weighted by Crippen LogP contribution is -2.00. The van der Waals surface area contributed by atoms with Crippen LogP contribution in [0.4, 0.5) is 11.6 Å². The van der Waals surface area contributed by atoms with Gasteiger partial charge in [0.15, 0.2) is 0 Å². The Kier molecular flexibility index (Phi) is 3.67. The molecule has 0 radical (unpaired) electrons. The summed E-state index contributed by atoms with van der Waals surface area (Å²) in [5, 5.41) is 3.69. The number of anilines is 2. The van der Waals surface area contributed by atoms with Crippen molar-refractivity contribution in [1.82, 2.24) is 9.97 Å². The van der Waals surface area contributed by atoms with Crippen LogP contribution in [0.2, 0.25) is 5.02 Å². The second-order valence-corrected chi connectivity index (χ2v) is 4.91. The SMILES string of the molecule is Cc1ccccc1Nc1ncc(Cl)c(-c2cc#[n+]cc2)n1. The first-order chi connectivity index (χ1) is 10.2. The minimum absolute atomic E-state index is 0.491. The fraction of sp³-hybridized carbons (Fsp3) is 0.0625. The van der Waals surface area contributed by atoms with E-state index in [0.717, 1.165) is 16.8 Å². The molecular weight excluding hydrogens is 284 g/mol. The van der Waals surface area contributed by atoms with Crippen molar-refractivity contribution in [2.24, 2.45) is 0 Å². The zero-order valence-corrected chi connectivity index (χ0v) is 12.1. The fourth-order valence-electron chi connectivity index (χ4n) is 1.93. The van der Waals surface area contributed by atoms with E-state index in [0.29, 0.717) is 16.7 Å². The van der Waals surface area contributed by atoms with Crippen LogP contribution in [0.5, 0.6) is 0 Å². The Morgan fingerprint density at radius 2 is 2.10 bits per heavy atom. The topological polar surface area (TPSA) is 51.9 Å². The highest BCUT2D eigenvalue weighted by atomic mass is 35.5. The molecule has 5 heteroatoms. The molecule has 1 aromatic carbocycles. The lowest BCUT2D eigenvalue weighted by molar-refractivity contribution is -0.293. The summed E-state index contributed by atoms with van der Waals surface area (Å²) in [5.41, 5.74) is 3.59. The predicted octanol–water partition coefficient (Wildman–Crippen LogP) is 3.25. The zero-order chi connectivity index (χ0) is 14.7. The summed E-state index contributed by atoms with van der Waals surface area (Å²) in [6.45, 7) is 2.02. The van der Waals surface area contributed by atoms with Crippen LogP contribution in [0.25, 0.3) is 11.3 Å². The summed E-state index contributed by atoms with van der Waals surface area (Å²) in [5.74, 6) is 0.500. The van der Waals surface area contributed by atoms with Crippen LogP contribution >= 0.6 is 11.6 Å². The molecular formula is C16H12ClN4+. The first kappa shape index (κ1) is 13.3. The predicted molar refractivity (Wildman–Crippen MR) is 81.4 cm³/mol. The van der Waals surface area contributed by atoms with Crippen molar-refractivity contribution in [2.75, 3.05) is 5.32 Å². The van der Waals surface area contributed by atoms with Gasteiger partial charge in [-0.3, -0.25) is 0 Å². The molecule has 2 aromatic heterocycles. The Balaban J connectivity index is 1.97. The molecule has 0 unspecified atom stereocenters. The van der Waals surface area contributed by atoms with E-state index in [1.165, 1.54) is 0 Å². The third kappa shape index (κ3) is 2.93.